The van der Waals surface area contributed by atoms with Crippen molar-refractivity contribution in [2.75, 3.05) is 0 Å². The molecule has 2 bridgehead atoms. The topological polar surface area (TPSA) is 74.0 Å². The highest BCUT2D eigenvalue weighted by Gasteiger charge is 2.46. The van der Waals surface area contributed by atoms with Crippen molar-refractivity contribution in [3.8, 4) is 17.3 Å². The zero-order valence-corrected chi connectivity index (χ0v) is 14.4. The molecule has 0 aliphatic carbocycles. The summed E-state index contributed by atoms with van der Waals surface area (Å²) < 4.78 is 1.77. The molecule has 1 N–H and O–H groups in total. The molecular formula is C19H21N5O. The van der Waals surface area contributed by atoms with E-state index in [0.29, 0.717) is 11.6 Å². The lowest BCUT2D eigenvalue weighted by Crippen LogP contribution is -2.43. The van der Waals surface area contributed by atoms with Gasteiger partial charge in [0.15, 0.2) is 6.19 Å². The Morgan fingerprint density at radius 1 is 1.40 bits per heavy atom. The molecule has 0 unspecified atom stereocenters. The van der Waals surface area contributed by atoms with Crippen LogP contribution in [0.15, 0.2) is 30.6 Å². The van der Waals surface area contributed by atoms with Crippen LogP contribution in [0.5, 0.6) is 0 Å². The molecule has 2 aliphatic rings. The van der Waals surface area contributed by atoms with Crippen molar-refractivity contribution in [3.05, 3.63) is 41.7 Å². The molecule has 3 heterocycles. The molecule has 6 heteroatoms. The number of carbonyl (C=O) groups is 1. The van der Waals surface area contributed by atoms with Crippen LogP contribution in [-0.2, 0) is 7.05 Å². The summed E-state index contributed by atoms with van der Waals surface area (Å²) in [6.07, 6.45) is 8.99. The van der Waals surface area contributed by atoms with Gasteiger partial charge >= 0.3 is 0 Å². The summed E-state index contributed by atoms with van der Waals surface area (Å²) in [7, 11) is 1.89. The number of rotatable bonds is 3. The van der Waals surface area contributed by atoms with E-state index < -0.39 is 0 Å². The van der Waals surface area contributed by atoms with Crippen LogP contribution in [-0.4, -0.2) is 38.7 Å². The number of hydrogen-bond donors (Lipinski definition) is 1. The monoisotopic (exact) mass is 335 g/mol. The van der Waals surface area contributed by atoms with Gasteiger partial charge in [-0.25, -0.2) is 0 Å². The molecule has 3 atom stereocenters. The summed E-state index contributed by atoms with van der Waals surface area (Å²) in [6.45, 7) is 2.01. The first-order valence-electron chi connectivity index (χ1n) is 8.65. The van der Waals surface area contributed by atoms with Gasteiger partial charge in [-0.3, -0.25) is 9.48 Å². The molecule has 6 nitrogen and oxygen atoms in total. The number of nitrogens with zero attached hydrogens (tertiary/aromatic N) is 4. The summed E-state index contributed by atoms with van der Waals surface area (Å²) in [5, 5.41) is 16.6. The smallest absolute Gasteiger partial charge is 0.251 e. The third kappa shape index (κ3) is 2.66. The van der Waals surface area contributed by atoms with Crippen molar-refractivity contribution in [3.63, 3.8) is 0 Å². The van der Waals surface area contributed by atoms with E-state index in [1.54, 1.807) is 4.68 Å². The molecule has 2 fully saturated rings. The summed E-state index contributed by atoms with van der Waals surface area (Å²) in [4.78, 5) is 14.5. The molecule has 2 aliphatic heterocycles. The minimum absolute atomic E-state index is 0.0590. The first-order valence-corrected chi connectivity index (χ1v) is 8.65. The minimum atomic E-state index is -0.0590. The van der Waals surface area contributed by atoms with Gasteiger partial charge in [0.2, 0.25) is 0 Å². The Labute approximate surface area is 147 Å². The van der Waals surface area contributed by atoms with Crippen molar-refractivity contribution in [1.82, 2.24) is 20.0 Å². The van der Waals surface area contributed by atoms with Crippen LogP contribution in [0.25, 0.3) is 11.1 Å². The second-order valence-electron chi connectivity index (χ2n) is 7.05. The number of aryl methyl sites for hydroxylation is 2. The fraction of sp³-hybridized carbons (Fsp3) is 0.421. The lowest BCUT2D eigenvalue weighted by Gasteiger charge is -2.22. The number of benzene rings is 1. The highest BCUT2D eigenvalue weighted by molar-refractivity contribution is 5.95. The van der Waals surface area contributed by atoms with Gasteiger partial charge in [-0.2, -0.15) is 10.4 Å². The number of carbonyl (C=O) groups excluding carboxylic acids is 1. The Balaban J connectivity index is 1.50. The van der Waals surface area contributed by atoms with E-state index >= 15 is 0 Å². The van der Waals surface area contributed by atoms with Gasteiger partial charge in [-0.1, -0.05) is 6.07 Å². The molecule has 4 rings (SSSR count). The standard InChI is InChI=1S/C19H21N5O/c1-12-7-13(3-5-16(12)14-9-21-23(2)10-14)19(25)22-17-8-15-4-6-18(17)24(15)11-20/h3,5,7,9-10,15,17-18H,4,6,8H2,1-2H3,(H,22,25)/t15-,17+,18+/m0/s1. The maximum Gasteiger partial charge on any atom is 0.251 e. The Morgan fingerprint density at radius 2 is 2.24 bits per heavy atom. The maximum absolute atomic E-state index is 12.6. The van der Waals surface area contributed by atoms with Crippen LogP contribution in [0.2, 0.25) is 0 Å². The minimum Gasteiger partial charge on any atom is -0.347 e. The van der Waals surface area contributed by atoms with E-state index in [1.807, 2.05) is 49.5 Å². The number of fused-ring (bicyclic) bond motifs is 2. The van der Waals surface area contributed by atoms with Gasteiger partial charge in [0.05, 0.1) is 18.3 Å². The fourth-order valence-corrected chi connectivity index (χ4v) is 4.24. The quantitative estimate of drug-likeness (QED) is 0.873. The highest BCUT2D eigenvalue weighted by Crippen LogP contribution is 2.37. The van der Waals surface area contributed by atoms with E-state index in [1.165, 1.54) is 0 Å². The maximum atomic E-state index is 12.6. The third-order valence-corrected chi connectivity index (χ3v) is 5.47. The Bertz CT molecular complexity index is 865. The molecule has 2 saturated heterocycles. The molecule has 25 heavy (non-hydrogen) atoms. The van der Waals surface area contributed by atoms with Crippen LogP contribution >= 0.6 is 0 Å². The average molecular weight is 335 g/mol. The zero-order chi connectivity index (χ0) is 17.6. The molecule has 128 valence electrons. The number of hydrogen-bond acceptors (Lipinski definition) is 4. The Hall–Kier alpha value is -2.81. The zero-order valence-electron chi connectivity index (χ0n) is 14.4. The molecule has 1 aromatic carbocycles. The normalized spacial score (nSPS) is 24.4. The fourth-order valence-electron chi connectivity index (χ4n) is 4.24. The Kier molecular flexibility index (Phi) is 3.72. The SMILES string of the molecule is Cc1cc(C(=O)N[C@@H]2C[C@@H]3CC[C@H]2N3C#N)ccc1-c1cnn(C)c1. The van der Waals surface area contributed by atoms with Crippen LogP contribution in [0, 0.1) is 18.4 Å². The van der Waals surface area contributed by atoms with Crippen LogP contribution in [0.4, 0.5) is 0 Å². The van der Waals surface area contributed by atoms with Crippen LogP contribution in [0.3, 0.4) is 0 Å². The molecular weight excluding hydrogens is 314 g/mol. The summed E-state index contributed by atoms with van der Waals surface area (Å²) in [5.41, 5.74) is 3.84. The van der Waals surface area contributed by atoms with Crippen LogP contribution in [0.1, 0.15) is 35.2 Å². The summed E-state index contributed by atoms with van der Waals surface area (Å²) in [6, 6.07) is 6.30. The largest absolute Gasteiger partial charge is 0.347 e. The molecule has 0 radical (unpaired) electrons. The van der Waals surface area contributed by atoms with E-state index in [-0.39, 0.29) is 18.0 Å². The van der Waals surface area contributed by atoms with E-state index in [9.17, 15) is 10.1 Å². The van der Waals surface area contributed by atoms with Gasteiger partial charge in [0, 0.05) is 30.4 Å². The second-order valence-corrected chi connectivity index (χ2v) is 7.05. The van der Waals surface area contributed by atoms with E-state index in [2.05, 4.69) is 16.6 Å². The van der Waals surface area contributed by atoms with E-state index in [4.69, 9.17) is 0 Å². The second kappa shape index (κ2) is 5.92. The van der Waals surface area contributed by atoms with Crippen LogP contribution < -0.4 is 5.32 Å². The van der Waals surface area contributed by atoms with E-state index in [0.717, 1.165) is 36.0 Å². The van der Waals surface area contributed by atoms with Crippen molar-refractivity contribution >= 4 is 5.91 Å². The third-order valence-electron chi connectivity index (χ3n) is 5.47. The lowest BCUT2D eigenvalue weighted by molar-refractivity contribution is 0.0928. The number of amides is 1. The highest BCUT2D eigenvalue weighted by atomic mass is 16.1. The number of aromatic nitrogens is 2. The predicted octanol–water partition coefficient (Wildman–Crippen LogP) is 2.21. The molecule has 0 saturated carbocycles. The van der Waals surface area contributed by atoms with Gasteiger partial charge < -0.3 is 10.2 Å². The van der Waals surface area contributed by atoms with Gasteiger partial charge in [-0.05, 0) is 49.4 Å². The Morgan fingerprint density at radius 3 is 2.88 bits per heavy atom. The first-order chi connectivity index (χ1) is 12.1. The van der Waals surface area contributed by atoms with Gasteiger partial charge in [0.25, 0.3) is 5.91 Å². The number of nitrogens with one attached hydrogen (secondary N) is 1. The van der Waals surface area contributed by atoms with Crippen molar-refractivity contribution < 1.29 is 4.79 Å². The summed E-state index contributed by atoms with van der Waals surface area (Å²) in [5.74, 6) is -0.0590. The van der Waals surface area contributed by atoms with Crippen molar-refractivity contribution in [2.24, 2.45) is 7.05 Å². The lowest BCUT2D eigenvalue weighted by atomic mass is 9.95. The first kappa shape index (κ1) is 15.7. The summed E-state index contributed by atoms with van der Waals surface area (Å²) >= 11 is 0. The number of nitriles is 1. The average Bonchev–Trinajstić information content (AvgIpc) is 3.28. The van der Waals surface area contributed by atoms with Crippen molar-refractivity contribution in [1.29, 1.82) is 5.26 Å². The van der Waals surface area contributed by atoms with Crippen molar-refractivity contribution in [2.45, 2.75) is 44.3 Å². The molecule has 1 aromatic heterocycles. The molecule has 0 spiro atoms. The van der Waals surface area contributed by atoms with Gasteiger partial charge in [-0.15, -0.1) is 0 Å². The predicted molar refractivity (Wildman–Crippen MR) is 93.5 cm³/mol. The van der Waals surface area contributed by atoms with Gasteiger partial charge in [0.1, 0.15) is 0 Å². The molecule has 2 aromatic rings. The molecule has 1 amide bonds.